The third-order valence-corrected chi connectivity index (χ3v) is 5.13. The minimum Gasteiger partial charge on any atom is -0.468 e. The molecule has 0 aliphatic heterocycles. The van der Waals surface area contributed by atoms with Crippen molar-refractivity contribution in [3.05, 3.63) is 69.9 Å². The fraction of sp³-hybridized carbons (Fsp3) is 0.286. The number of hydrogen-bond acceptors (Lipinski definition) is 5. The van der Waals surface area contributed by atoms with E-state index in [9.17, 15) is 18.8 Å². The van der Waals surface area contributed by atoms with Crippen molar-refractivity contribution in [3.63, 3.8) is 0 Å². The first-order chi connectivity index (χ1) is 13.3. The third kappa shape index (κ3) is 4.84. The van der Waals surface area contributed by atoms with Crippen molar-refractivity contribution >= 4 is 33.7 Å². The Labute approximate surface area is 171 Å². The maximum Gasteiger partial charge on any atom is 0.320 e. The molecule has 5 nitrogen and oxygen atoms in total. The molecule has 0 bridgehead atoms. The summed E-state index contributed by atoms with van der Waals surface area (Å²) in [5.41, 5.74) is 0.886. The number of hydrogen-bond donors (Lipinski definition) is 0. The second kappa shape index (κ2) is 9.59. The van der Waals surface area contributed by atoms with Gasteiger partial charge < -0.3 is 9.47 Å². The Balaban J connectivity index is 2.53. The van der Waals surface area contributed by atoms with Gasteiger partial charge in [0.2, 0.25) is 0 Å². The Kier molecular flexibility index (Phi) is 7.45. The monoisotopic (exact) mass is 450 g/mol. The van der Waals surface area contributed by atoms with Crippen LogP contribution in [0.15, 0.2) is 53.0 Å². The molecule has 28 heavy (non-hydrogen) atoms. The van der Waals surface area contributed by atoms with E-state index in [-0.39, 0.29) is 11.3 Å². The van der Waals surface area contributed by atoms with Crippen molar-refractivity contribution in [3.8, 4) is 0 Å². The molecule has 0 radical (unpaired) electrons. The lowest BCUT2D eigenvalue weighted by Crippen LogP contribution is -2.37. The highest BCUT2D eigenvalue weighted by Crippen LogP contribution is 2.36. The Morgan fingerprint density at radius 1 is 0.893 bits per heavy atom. The summed E-state index contributed by atoms with van der Waals surface area (Å²) in [7, 11) is 2.34. The number of benzene rings is 2. The van der Waals surface area contributed by atoms with Crippen molar-refractivity contribution in [1.29, 1.82) is 0 Å². The first-order valence-corrected chi connectivity index (χ1v) is 9.30. The van der Waals surface area contributed by atoms with Crippen molar-refractivity contribution in [1.82, 2.24) is 0 Å². The summed E-state index contributed by atoms with van der Waals surface area (Å²) in [6, 6.07) is 12.1. The largest absolute Gasteiger partial charge is 0.468 e. The Bertz CT molecular complexity index is 832. The van der Waals surface area contributed by atoms with Gasteiger partial charge in [-0.3, -0.25) is 14.4 Å². The molecular weight excluding hydrogens is 431 g/mol. The predicted molar refractivity (Wildman–Crippen MR) is 104 cm³/mol. The summed E-state index contributed by atoms with van der Waals surface area (Å²) in [6.07, 6.45) is 0. The van der Waals surface area contributed by atoms with Gasteiger partial charge in [0.05, 0.1) is 14.2 Å². The van der Waals surface area contributed by atoms with Crippen LogP contribution in [0.4, 0.5) is 4.39 Å². The minimum atomic E-state index is -1.32. The molecule has 2 rings (SSSR count). The summed E-state index contributed by atoms with van der Waals surface area (Å²) >= 11 is 3.34. The predicted octanol–water partition coefficient (Wildman–Crippen LogP) is 4.15. The molecule has 0 spiro atoms. The van der Waals surface area contributed by atoms with E-state index in [2.05, 4.69) is 15.9 Å². The molecule has 0 heterocycles. The van der Waals surface area contributed by atoms with E-state index in [4.69, 9.17) is 9.47 Å². The van der Waals surface area contributed by atoms with Crippen LogP contribution in [-0.4, -0.2) is 31.9 Å². The fourth-order valence-electron chi connectivity index (χ4n) is 3.14. The Hall–Kier alpha value is -2.54. The SMILES string of the molecule is COC(=O)C(C(=O)OC)[C@H](c1ccc(Br)cc1)[C@@H](C)C(=O)c1ccc(F)cc1. The highest BCUT2D eigenvalue weighted by Gasteiger charge is 2.43. The molecule has 0 unspecified atom stereocenters. The molecule has 0 aliphatic rings. The molecule has 0 amide bonds. The van der Waals surface area contributed by atoms with E-state index >= 15 is 0 Å². The van der Waals surface area contributed by atoms with Crippen molar-refractivity contribution in [2.24, 2.45) is 11.8 Å². The third-order valence-electron chi connectivity index (χ3n) is 4.61. The zero-order valence-electron chi connectivity index (χ0n) is 15.6. The molecule has 2 atom stereocenters. The number of carbonyl (C=O) groups is 3. The first kappa shape index (κ1) is 21.8. The summed E-state index contributed by atoms with van der Waals surface area (Å²) in [6.45, 7) is 1.62. The van der Waals surface area contributed by atoms with Crippen molar-refractivity contribution in [2.75, 3.05) is 14.2 Å². The molecule has 0 aliphatic carbocycles. The summed E-state index contributed by atoms with van der Waals surface area (Å²) in [4.78, 5) is 37.8. The number of halogens is 2. The zero-order chi connectivity index (χ0) is 20.8. The van der Waals surface area contributed by atoms with E-state index in [1.165, 1.54) is 38.5 Å². The number of carbonyl (C=O) groups excluding carboxylic acids is 3. The second-order valence-corrected chi connectivity index (χ2v) is 7.18. The Morgan fingerprint density at radius 2 is 1.39 bits per heavy atom. The maximum atomic E-state index is 13.2. The van der Waals surface area contributed by atoms with Gasteiger partial charge in [0.15, 0.2) is 11.7 Å². The van der Waals surface area contributed by atoms with Gasteiger partial charge in [0.25, 0.3) is 0 Å². The first-order valence-electron chi connectivity index (χ1n) is 8.51. The molecular formula is C21H20BrFO5. The zero-order valence-corrected chi connectivity index (χ0v) is 17.2. The van der Waals surface area contributed by atoms with Crippen molar-refractivity contribution < 1.29 is 28.2 Å². The van der Waals surface area contributed by atoms with Gasteiger partial charge in [-0.2, -0.15) is 0 Å². The molecule has 0 aromatic heterocycles. The number of methoxy groups -OCH3 is 2. The van der Waals surface area contributed by atoms with Crippen LogP contribution < -0.4 is 0 Å². The highest BCUT2D eigenvalue weighted by molar-refractivity contribution is 9.10. The lowest BCUT2D eigenvalue weighted by molar-refractivity contribution is -0.160. The topological polar surface area (TPSA) is 69.7 Å². The van der Waals surface area contributed by atoms with Gasteiger partial charge >= 0.3 is 11.9 Å². The van der Waals surface area contributed by atoms with Crippen LogP contribution in [-0.2, 0) is 19.1 Å². The molecule has 0 saturated heterocycles. The van der Waals surface area contributed by atoms with Crippen LogP contribution in [0.25, 0.3) is 0 Å². The second-order valence-electron chi connectivity index (χ2n) is 6.26. The van der Waals surface area contributed by atoms with E-state index in [1.807, 2.05) is 0 Å². The molecule has 2 aromatic rings. The van der Waals surface area contributed by atoms with Crippen LogP contribution in [0.3, 0.4) is 0 Å². The summed E-state index contributed by atoms with van der Waals surface area (Å²) in [5.74, 6) is -5.31. The quantitative estimate of drug-likeness (QED) is 0.360. The molecule has 0 N–H and O–H groups in total. The molecule has 0 saturated carbocycles. The van der Waals surface area contributed by atoms with Crippen LogP contribution >= 0.6 is 15.9 Å². The average Bonchev–Trinajstić information content (AvgIpc) is 2.71. The van der Waals surface area contributed by atoms with Gasteiger partial charge in [-0.25, -0.2) is 4.39 Å². The van der Waals surface area contributed by atoms with Gasteiger partial charge in [-0.1, -0.05) is 35.0 Å². The van der Waals surface area contributed by atoms with E-state index in [0.717, 1.165) is 4.47 Å². The van der Waals surface area contributed by atoms with Gasteiger partial charge in [-0.05, 0) is 42.0 Å². The normalized spacial score (nSPS) is 12.9. The fourth-order valence-corrected chi connectivity index (χ4v) is 3.40. The Morgan fingerprint density at radius 3 is 1.86 bits per heavy atom. The van der Waals surface area contributed by atoms with E-state index in [0.29, 0.717) is 5.56 Å². The number of rotatable bonds is 7. The van der Waals surface area contributed by atoms with E-state index in [1.54, 1.807) is 31.2 Å². The summed E-state index contributed by atoms with van der Waals surface area (Å²) in [5, 5.41) is 0. The molecule has 148 valence electrons. The maximum absolute atomic E-state index is 13.2. The van der Waals surface area contributed by atoms with Crippen LogP contribution in [0.1, 0.15) is 28.8 Å². The van der Waals surface area contributed by atoms with Gasteiger partial charge in [0, 0.05) is 21.9 Å². The number of ketones is 1. The van der Waals surface area contributed by atoms with Crippen molar-refractivity contribution in [2.45, 2.75) is 12.8 Å². The van der Waals surface area contributed by atoms with Gasteiger partial charge in [0.1, 0.15) is 5.82 Å². The molecule has 0 fully saturated rings. The van der Waals surface area contributed by atoms with Gasteiger partial charge in [-0.15, -0.1) is 0 Å². The highest BCUT2D eigenvalue weighted by atomic mass is 79.9. The van der Waals surface area contributed by atoms with Crippen LogP contribution in [0.5, 0.6) is 0 Å². The van der Waals surface area contributed by atoms with E-state index < -0.39 is 35.5 Å². The van der Waals surface area contributed by atoms with Crippen LogP contribution in [0.2, 0.25) is 0 Å². The standard InChI is InChI=1S/C21H20BrFO5/c1-12(19(24)14-6-10-16(23)11-7-14)17(13-4-8-15(22)9-5-13)18(20(25)27-2)21(26)28-3/h4-12,17-18H,1-3H3/t12-,17+/m1/s1. The molecule has 7 heteroatoms. The number of ether oxygens (including phenoxy) is 2. The average molecular weight is 451 g/mol. The smallest absolute Gasteiger partial charge is 0.320 e. The summed E-state index contributed by atoms with van der Waals surface area (Å²) < 4.78 is 23.6. The van der Waals surface area contributed by atoms with Crippen LogP contribution in [0, 0.1) is 17.7 Å². The number of Topliss-reactive ketones (excluding diaryl/α,β-unsaturated/α-hetero) is 1. The lowest BCUT2D eigenvalue weighted by atomic mass is 9.74. The minimum absolute atomic E-state index is 0.282. The number of esters is 2. The molecule has 2 aromatic carbocycles. The lowest BCUT2D eigenvalue weighted by Gasteiger charge is -2.28.